The second-order valence-corrected chi connectivity index (χ2v) is 7.78. The summed E-state index contributed by atoms with van der Waals surface area (Å²) in [5.74, 6) is 1.14. The molecule has 4 rings (SSSR count). The molecule has 0 saturated carbocycles. The number of likely N-dealkylation sites (N-methyl/N-ethyl adjacent to an activating group) is 1. The van der Waals surface area contributed by atoms with Crippen LogP contribution in [-0.2, 0) is 22.6 Å². The van der Waals surface area contributed by atoms with Crippen molar-refractivity contribution in [3.63, 3.8) is 0 Å². The number of ether oxygens (including phenoxy) is 1. The first-order valence-corrected chi connectivity index (χ1v) is 10.2. The van der Waals surface area contributed by atoms with Crippen LogP contribution in [0.4, 0.5) is 17.5 Å². The highest BCUT2D eigenvalue weighted by atomic mass is 35.5. The SMILES string of the molecule is C=C(OC)[C@H]1C(=O)Nc2c(C)nc(NCc3cnn(Cc4ccnc(Cl)c4)c3)nc2N1C. The van der Waals surface area contributed by atoms with Crippen LogP contribution in [0, 0.1) is 6.92 Å². The van der Waals surface area contributed by atoms with E-state index in [-0.39, 0.29) is 5.91 Å². The minimum atomic E-state index is -0.672. The third-order valence-corrected chi connectivity index (χ3v) is 5.34. The van der Waals surface area contributed by atoms with Crippen LogP contribution < -0.4 is 15.5 Å². The first kappa shape index (κ1) is 21.6. The number of hydrogen-bond acceptors (Lipinski definition) is 8. The largest absolute Gasteiger partial charge is 0.499 e. The molecule has 2 N–H and O–H groups in total. The Hall–Kier alpha value is -3.66. The smallest absolute Gasteiger partial charge is 0.255 e. The number of nitrogens with zero attached hydrogens (tertiary/aromatic N) is 6. The molecule has 3 aromatic heterocycles. The zero-order valence-corrected chi connectivity index (χ0v) is 18.7. The van der Waals surface area contributed by atoms with Gasteiger partial charge in [-0.3, -0.25) is 9.48 Å². The Morgan fingerprint density at radius 1 is 1.38 bits per heavy atom. The first-order valence-electron chi connectivity index (χ1n) is 9.86. The van der Waals surface area contributed by atoms with E-state index in [0.29, 0.717) is 47.1 Å². The molecule has 3 aromatic rings. The summed E-state index contributed by atoms with van der Waals surface area (Å²) in [4.78, 5) is 27.3. The van der Waals surface area contributed by atoms with Crippen molar-refractivity contribution in [3.05, 3.63) is 65.0 Å². The van der Waals surface area contributed by atoms with Crippen LogP contribution in [0.2, 0.25) is 5.15 Å². The summed E-state index contributed by atoms with van der Waals surface area (Å²) < 4.78 is 7.01. The standard InChI is InChI=1S/C21H23ClN8O2/c1-12-17-19(29(3)18(13(2)32-4)20(31)27-17)28-21(26-12)24-8-15-9-25-30(11-15)10-14-5-6-23-16(22)7-14/h5-7,9,11,18H,2,8,10H2,1,3-4H3,(H,27,31)(H,24,26,28)/t18-/m0/s1. The fourth-order valence-corrected chi connectivity index (χ4v) is 3.69. The fraction of sp³-hybridized carbons (Fsp3) is 0.286. The van der Waals surface area contributed by atoms with Gasteiger partial charge in [0.05, 0.1) is 25.5 Å². The molecule has 1 amide bonds. The number of anilines is 3. The van der Waals surface area contributed by atoms with Crippen LogP contribution in [0.3, 0.4) is 0 Å². The average Bonchev–Trinajstić information content (AvgIpc) is 3.20. The highest BCUT2D eigenvalue weighted by molar-refractivity contribution is 6.29. The molecule has 0 unspecified atom stereocenters. The predicted molar refractivity (Wildman–Crippen MR) is 122 cm³/mol. The van der Waals surface area contributed by atoms with E-state index in [1.54, 1.807) is 24.3 Å². The Labute approximate surface area is 190 Å². The van der Waals surface area contributed by atoms with Gasteiger partial charge in [0.1, 0.15) is 16.6 Å². The van der Waals surface area contributed by atoms with Crippen molar-refractivity contribution in [3.8, 4) is 0 Å². The lowest BCUT2D eigenvalue weighted by Crippen LogP contribution is -2.48. The number of rotatable bonds is 7. The Bertz CT molecular complexity index is 1180. The third-order valence-electron chi connectivity index (χ3n) is 5.13. The number of hydrogen-bond donors (Lipinski definition) is 2. The van der Waals surface area contributed by atoms with Gasteiger partial charge < -0.3 is 20.3 Å². The number of methoxy groups -OCH3 is 1. The van der Waals surface area contributed by atoms with Gasteiger partial charge in [0.25, 0.3) is 5.91 Å². The van der Waals surface area contributed by atoms with Crippen molar-refractivity contribution in [2.24, 2.45) is 0 Å². The summed E-state index contributed by atoms with van der Waals surface area (Å²) in [6.07, 6.45) is 5.40. The monoisotopic (exact) mass is 454 g/mol. The number of aryl methyl sites for hydroxylation is 1. The summed E-state index contributed by atoms with van der Waals surface area (Å²) >= 11 is 5.95. The Morgan fingerprint density at radius 2 is 2.19 bits per heavy atom. The summed E-state index contributed by atoms with van der Waals surface area (Å²) in [6, 6.07) is 3.04. The van der Waals surface area contributed by atoms with Crippen molar-refractivity contribution in [1.29, 1.82) is 0 Å². The minimum absolute atomic E-state index is 0.234. The summed E-state index contributed by atoms with van der Waals surface area (Å²) in [7, 11) is 3.26. The molecule has 0 spiro atoms. The Balaban J connectivity index is 1.48. The summed E-state index contributed by atoms with van der Waals surface area (Å²) in [5, 5.41) is 10.9. The van der Waals surface area contributed by atoms with Crippen LogP contribution in [0.25, 0.3) is 0 Å². The summed E-state index contributed by atoms with van der Waals surface area (Å²) in [5.41, 5.74) is 3.21. The van der Waals surface area contributed by atoms with Crippen LogP contribution in [-0.4, -0.2) is 50.8 Å². The van der Waals surface area contributed by atoms with Gasteiger partial charge in [0.15, 0.2) is 11.9 Å². The maximum atomic E-state index is 12.5. The van der Waals surface area contributed by atoms with Gasteiger partial charge in [-0.25, -0.2) is 9.97 Å². The highest BCUT2D eigenvalue weighted by Gasteiger charge is 2.36. The molecule has 1 atom stereocenters. The molecule has 0 bridgehead atoms. The Kier molecular flexibility index (Phi) is 5.95. The molecule has 0 fully saturated rings. The van der Waals surface area contributed by atoms with Crippen LogP contribution in [0.15, 0.2) is 43.1 Å². The normalized spacial score (nSPS) is 15.2. The third kappa shape index (κ3) is 4.35. The molecule has 166 valence electrons. The van der Waals surface area contributed by atoms with Crippen molar-refractivity contribution in [1.82, 2.24) is 24.7 Å². The van der Waals surface area contributed by atoms with Gasteiger partial charge in [0.2, 0.25) is 5.95 Å². The van der Waals surface area contributed by atoms with Gasteiger partial charge in [0, 0.05) is 31.5 Å². The van der Waals surface area contributed by atoms with E-state index in [2.05, 4.69) is 37.3 Å². The van der Waals surface area contributed by atoms with Gasteiger partial charge in [-0.15, -0.1) is 0 Å². The van der Waals surface area contributed by atoms with Gasteiger partial charge in [-0.1, -0.05) is 18.2 Å². The van der Waals surface area contributed by atoms with Crippen LogP contribution in [0.5, 0.6) is 0 Å². The van der Waals surface area contributed by atoms with E-state index in [9.17, 15) is 4.79 Å². The number of nitrogens with one attached hydrogen (secondary N) is 2. The molecule has 0 aromatic carbocycles. The number of pyridine rings is 1. The van der Waals surface area contributed by atoms with Gasteiger partial charge in [-0.05, 0) is 24.6 Å². The molecular weight excluding hydrogens is 432 g/mol. The predicted octanol–water partition coefficient (Wildman–Crippen LogP) is 2.61. The van der Waals surface area contributed by atoms with Gasteiger partial charge >= 0.3 is 0 Å². The maximum absolute atomic E-state index is 12.5. The van der Waals surface area contributed by atoms with E-state index >= 15 is 0 Å². The number of halogens is 1. The van der Waals surface area contributed by atoms with Crippen LogP contribution >= 0.6 is 11.6 Å². The lowest BCUT2D eigenvalue weighted by molar-refractivity contribution is -0.117. The molecule has 0 aliphatic carbocycles. The van der Waals surface area contributed by atoms with Gasteiger partial charge in [-0.2, -0.15) is 10.1 Å². The second kappa shape index (κ2) is 8.83. The van der Waals surface area contributed by atoms with E-state index in [4.69, 9.17) is 16.3 Å². The maximum Gasteiger partial charge on any atom is 0.255 e. The molecule has 0 radical (unpaired) electrons. The molecule has 32 heavy (non-hydrogen) atoms. The molecular formula is C21H23ClN8O2. The number of carbonyl (C=O) groups is 1. The zero-order chi connectivity index (χ0) is 22.8. The zero-order valence-electron chi connectivity index (χ0n) is 18.0. The lowest BCUT2D eigenvalue weighted by Gasteiger charge is -2.34. The van der Waals surface area contributed by atoms with E-state index in [1.807, 2.05) is 29.9 Å². The van der Waals surface area contributed by atoms with Crippen LogP contribution in [0.1, 0.15) is 16.8 Å². The average molecular weight is 455 g/mol. The first-order chi connectivity index (χ1) is 15.4. The number of fused-ring (bicyclic) bond motifs is 1. The molecule has 11 heteroatoms. The highest BCUT2D eigenvalue weighted by Crippen LogP contribution is 2.34. The molecule has 4 heterocycles. The minimum Gasteiger partial charge on any atom is -0.499 e. The Morgan fingerprint density at radius 3 is 2.94 bits per heavy atom. The fourth-order valence-electron chi connectivity index (χ4n) is 3.50. The van der Waals surface area contributed by atoms with Crippen molar-refractivity contribution >= 4 is 35.0 Å². The molecule has 10 nitrogen and oxygen atoms in total. The lowest BCUT2D eigenvalue weighted by atomic mass is 10.1. The number of aromatic nitrogens is 5. The van der Waals surface area contributed by atoms with Crippen molar-refractivity contribution < 1.29 is 9.53 Å². The molecule has 0 saturated heterocycles. The second-order valence-electron chi connectivity index (χ2n) is 7.39. The molecule has 1 aliphatic rings. The number of amides is 1. The van der Waals surface area contributed by atoms with E-state index in [0.717, 1.165) is 11.1 Å². The van der Waals surface area contributed by atoms with Crippen molar-refractivity contribution in [2.45, 2.75) is 26.1 Å². The summed E-state index contributed by atoms with van der Waals surface area (Å²) in [6.45, 7) is 6.72. The van der Waals surface area contributed by atoms with Crippen molar-refractivity contribution in [2.75, 3.05) is 29.7 Å². The van der Waals surface area contributed by atoms with E-state index in [1.165, 1.54) is 7.11 Å². The molecule has 1 aliphatic heterocycles. The van der Waals surface area contributed by atoms with E-state index < -0.39 is 6.04 Å². The number of carbonyl (C=O) groups excluding carboxylic acids is 1. The quantitative estimate of drug-likeness (QED) is 0.414. The topological polar surface area (TPSA) is 110 Å².